The summed E-state index contributed by atoms with van der Waals surface area (Å²) in [7, 11) is 0. The average Bonchev–Trinajstić information content (AvgIpc) is 4.07. The Kier molecular flexibility index (Phi) is 9.27. The van der Waals surface area contributed by atoms with Crippen LogP contribution in [-0.2, 0) is 0 Å². The molecule has 0 radical (unpaired) electrons. The van der Waals surface area contributed by atoms with Crippen LogP contribution in [-0.4, -0.2) is 26.5 Å². The Balaban J connectivity index is 1.62. The van der Waals surface area contributed by atoms with Crippen LogP contribution in [0.4, 0.5) is 67.2 Å². The average molecular weight is 834 g/mol. The molecule has 300 valence electrons. The molecule has 3 aromatic carbocycles. The van der Waals surface area contributed by atoms with E-state index in [1.165, 1.54) is 12.1 Å². The van der Waals surface area contributed by atoms with Gasteiger partial charge in [0.15, 0.2) is 69.8 Å². The van der Waals surface area contributed by atoms with Crippen molar-refractivity contribution in [3.8, 4) is 33.4 Å². The number of fused-ring (bicyclic) bond motifs is 9. The Morgan fingerprint density at radius 1 is 0.390 bits per heavy atom. The first kappa shape index (κ1) is 38.8. The monoisotopic (exact) mass is 833 g/mol. The Hall–Kier alpha value is -7.05. The van der Waals surface area contributed by atoms with Gasteiger partial charge in [-0.25, -0.2) is 66.4 Å². The van der Waals surface area contributed by atoms with Crippen LogP contribution in [0.25, 0.3) is 78.6 Å². The largest absolute Gasteiger partial charge is 0.377 e. The number of aromatic nitrogens is 4. The third kappa shape index (κ3) is 5.81. The van der Waals surface area contributed by atoms with Gasteiger partial charge in [-0.05, 0) is 48.6 Å². The molecule has 5 heterocycles. The number of H-pyrrole nitrogens is 3. The third-order valence-corrected chi connectivity index (χ3v) is 9.43. The smallest absolute Gasteiger partial charge is 0.200 e. The minimum atomic E-state index is -2.58. The minimum Gasteiger partial charge on any atom is -0.377 e. The van der Waals surface area contributed by atoms with Crippen molar-refractivity contribution in [2.45, 2.75) is 0 Å². The van der Waals surface area contributed by atoms with Gasteiger partial charge in [0.2, 0.25) is 11.6 Å². The molecule has 0 unspecified atom stereocenters. The van der Waals surface area contributed by atoms with Crippen LogP contribution in [0.3, 0.4) is 0 Å². The molecule has 4 N–H and O–H groups in total. The van der Waals surface area contributed by atoms with E-state index in [-0.39, 0.29) is 23.1 Å². The van der Waals surface area contributed by atoms with E-state index >= 15 is 35.1 Å². The van der Waals surface area contributed by atoms with Gasteiger partial charge in [-0.15, -0.1) is 6.58 Å². The van der Waals surface area contributed by atoms with Crippen LogP contribution in [0.2, 0.25) is 0 Å². The molecular formula is C40H17F14N5. The molecule has 19 heteroatoms. The van der Waals surface area contributed by atoms with Crippen molar-refractivity contribution in [1.82, 2.24) is 19.9 Å². The predicted octanol–water partition coefficient (Wildman–Crippen LogP) is 12.2. The highest BCUT2D eigenvalue weighted by Crippen LogP contribution is 2.43. The molecule has 0 amide bonds. The quantitative estimate of drug-likeness (QED) is 0.0583. The van der Waals surface area contributed by atoms with Crippen LogP contribution in [0.15, 0.2) is 49.1 Å². The molecule has 4 aromatic heterocycles. The summed E-state index contributed by atoms with van der Waals surface area (Å²) in [5.41, 5.74) is -11.7. The topological polar surface area (TPSA) is 72.3 Å². The van der Waals surface area contributed by atoms with Crippen molar-refractivity contribution in [2.24, 2.45) is 0 Å². The van der Waals surface area contributed by atoms with Gasteiger partial charge in [0.1, 0.15) is 5.69 Å². The lowest BCUT2D eigenvalue weighted by Gasteiger charge is -2.14. The Labute approximate surface area is 319 Å². The summed E-state index contributed by atoms with van der Waals surface area (Å²) in [6.07, 6.45) is 2.92. The second-order valence-corrected chi connectivity index (χ2v) is 12.8. The number of halogens is 14. The number of nitrogens with zero attached hydrogens (tertiary/aromatic N) is 1. The van der Waals surface area contributed by atoms with Crippen molar-refractivity contribution in [2.75, 3.05) is 11.9 Å². The molecule has 0 atom stereocenters. The fourth-order valence-electron chi connectivity index (χ4n) is 6.77. The molecule has 5 nitrogen and oxygen atoms in total. The molecule has 0 fully saturated rings. The van der Waals surface area contributed by atoms with E-state index in [9.17, 15) is 26.3 Å². The summed E-state index contributed by atoms with van der Waals surface area (Å²) in [4.78, 5) is 12.1. The second kappa shape index (κ2) is 14.1. The Morgan fingerprint density at radius 3 is 1.05 bits per heavy atom. The van der Waals surface area contributed by atoms with Crippen LogP contribution < -0.4 is 5.32 Å². The van der Waals surface area contributed by atoms with Crippen molar-refractivity contribution >= 4 is 50.9 Å². The maximum atomic E-state index is 16.0. The summed E-state index contributed by atoms with van der Waals surface area (Å²) in [6, 6.07) is 6.46. The lowest BCUT2D eigenvalue weighted by atomic mass is 10.0. The standard InChI is InChI=1S/C40H17F14N5/c1-2-11-55-40-38(53)30(45)25(31(46)39(40)54)21-15-6-4-13(57-15)12-3-5-14(56-12)20(23-26(41)32(47)36(51)33(48)27(23)42)16-7-9-18(58-16)22(19-10-8-17(21)59-19)24-28(43)34(49)37(52)35(50)29(24)44/h2-10,55-58H,1,11H2. The van der Waals surface area contributed by atoms with E-state index in [1.54, 1.807) is 0 Å². The van der Waals surface area contributed by atoms with Crippen LogP contribution >= 0.6 is 0 Å². The predicted molar refractivity (Wildman–Crippen MR) is 190 cm³/mol. The number of benzene rings is 3. The van der Waals surface area contributed by atoms with Crippen molar-refractivity contribution in [3.05, 3.63) is 142 Å². The van der Waals surface area contributed by atoms with E-state index in [0.717, 1.165) is 42.5 Å². The summed E-state index contributed by atoms with van der Waals surface area (Å²) in [5.74, 6) is -32.0. The minimum absolute atomic E-state index is 0.0194. The molecule has 8 bridgehead atoms. The van der Waals surface area contributed by atoms with E-state index in [4.69, 9.17) is 0 Å². The third-order valence-electron chi connectivity index (χ3n) is 9.43. The number of hydrogen-bond donors (Lipinski definition) is 4. The van der Waals surface area contributed by atoms with Crippen LogP contribution in [0, 0.1) is 81.4 Å². The highest BCUT2D eigenvalue weighted by Gasteiger charge is 2.33. The summed E-state index contributed by atoms with van der Waals surface area (Å²) >= 11 is 0. The van der Waals surface area contributed by atoms with Crippen molar-refractivity contribution in [1.29, 1.82) is 0 Å². The lowest BCUT2D eigenvalue weighted by Crippen LogP contribution is -2.09. The fourth-order valence-corrected chi connectivity index (χ4v) is 6.77. The summed E-state index contributed by atoms with van der Waals surface area (Å²) < 4.78 is 213. The van der Waals surface area contributed by atoms with E-state index < -0.39 is 148 Å². The first-order valence-corrected chi connectivity index (χ1v) is 16.7. The SMILES string of the molecule is C=CCNc1c(F)c(F)c(-c2c3nc(c(-c4c(F)c(F)c(F)c(F)c4F)c4ccc([nH]4)c(-c4c(F)c(F)c(F)c(F)c4F)c4ccc([nH]4)c4ccc2[nH]4)C=C3)c(F)c1F. The highest BCUT2D eigenvalue weighted by molar-refractivity contribution is 6.00. The molecule has 0 spiro atoms. The molecule has 1 aliphatic heterocycles. The van der Waals surface area contributed by atoms with Gasteiger partial charge in [0.05, 0.1) is 39.1 Å². The lowest BCUT2D eigenvalue weighted by molar-refractivity contribution is 0.381. The van der Waals surface area contributed by atoms with Gasteiger partial charge in [-0.1, -0.05) is 6.08 Å². The van der Waals surface area contributed by atoms with Gasteiger partial charge in [0.25, 0.3) is 0 Å². The van der Waals surface area contributed by atoms with Crippen molar-refractivity contribution in [3.63, 3.8) is 0 Å². The molecule has 0 saturated carbocycles. The second-order valence-electron chi connectivity index (χ2n) is 12.8. The zero-order chi connectivity index (χ0) is 42.3. The van der Waals surface area contributed by atoms with Gasteiger partial charge >= 0.3 is 0 Å². The van der Waals surface area contributed by atoms with E-state index in [1.807, 2.05) is 0 Å². The van der Waals surface area contributed by atoms with Crippen LogP contribution in [0.1, 0.15) is 11.4 Å². The number of rotatable bonds is 6. The van der Waals surface area contributed by atoms with Gasteiger partial charge in [-0.2, -0.15) is 0 Å². The molecular weight excluding hydrogens is 816 g/mol. The van der Waals surface area contributed by atoms with Gasteiger partial charge in [0, 0.05) is 45.3 Å². The molecule has 0 aliphatic carbocycles. The van der Waals surface area contributed by atoms with Crippen molar-refractivity contribution < 1.29 is 61.5 Å². The van der Waals surface area contributed by atoms with E-state index in [2.05, 4.69) is 31.8 Å². The highest BCUT2D eigenvalue weighted by atomic mass is 19.2. The molecule has 0 saturated heterocycles. The number of aromatic amines is 3. The Morgan fingerprint density at radius 2 is 0.678 bits per heavy atom. The van der Waals surface area contributed by atoms with E-state index in [0.29, 0.717) is 0 Å². The number of anilines is 1. The maximum Gasteiger partial charge on any atom is 0.200 e. The zero-order valence-corrected chi connectivity index (χ0v) is 28.8. The summed E-state index contributed by atoms with van der Waals surface area (Å²) in [6.45, 7) is 3.01. The maximum absolute atomic E-state index is 16.0. The van der Waals surface area contributed by atoms with Gasteiger partial charge < -0.3 is 20.3 Å². The van der Waals surface area contributed by atoms with Gasteiger partial charge in [-0.3, -0.25) is 0 Å². The zero-order valence-electron chi connectivity index (χ0n) is 28.8. The first-order chi connectivity index (χ1) is 28.1. The molecule has 7 aromatic rings. The molecule has 8 rings (SSSR count). The van der Waals surface area contributed by atoms with Crippen LogP contribution in [0.5, 0.6) is 0 Å². The Bertz CT molecular complexity index is 3050. The molecule has 59 heavy (non-hydrogen) atoms. The number of nitrogens with one attached hydrogen (secondary N) is 4. The molecule has 1 aliphatic rings. The summed E-state index contributed by atoms with van der Waals surface area (Å²) in [5, 5.41) is 2.14. The normalized spacial score (nSPS) is 12.0. The first-order valence-electron chi connectivity index (χ1n) is 16.7. The fraction of sp³-hybridized carbons (Fsp3) is 0.0250. The number of hydrogen-bond acceptors (Lipinski definition) is 2.